The number of aliphatic carboxylic acids is 1. The van der Waals surface area contributed by atoms with Crippen LogP contribution in [0, 0.1) is 0 Å². The van der Waals surface area contributed by atoms with Gasteiger partial charge in [0.2, 0.25) is 0 Å². The van der Waals surface area contributed by atoms with E-state index >= 15 is 0 Å². The number of carbonyl (C=O) groups is 2. The topological polar surface area (TPSA) is 93.5 Å². The second-order valence-electron chi connectivity index (χ2n) is 4.11. The molecule has 0 aliphatic heterocycles. The minimum atomic E-state index is -1.01. The fourth-order valence-corrected chi connectivity index (χ4v) is 1.66. The molecular weight excluding hydrogens is 298 g/mol. The number of carboxylic acid groups (broad SMARTS) is 1. The van der Waals surface area contributed by atoms with Crippen LogP contribution in [0.2, 0.25) is 5.02 Å². The molecular formula is C13H12ClN3O4. The molecule has 1 amide bonds. The Labute approximate surface area is 125 Å². The summed E-state index contributed by atoms with van der Waals surface area (Å²) in [5.74, 6) is -0.863. The highest BCUT2D eigenvalue weighted by Crippen LogP contribution is 2.15. The maximum absolute atomic E-state index is 11.7. The second-order valence-corrected chi connectivity index (χ2v) is 4.55. The van der Waals surface area contributed by atoms with Crippen molar-refractivity contribution in [2.75, 3.05) is 11.9 Å². The first-order valence-electron chi connectivity index (χ1n) is 5.95. The highest BCUT2D eigenvalue weighted by molar-refractivity contribution is 6.30. The average molecular weight is 310 g/mol. The number of rotatable bonds is 6. The third-order valence-corrected chi connectivity index (χ3v) is 2.65. The summed E-state index contributed by atoms with van der Waals surface area (Å²) in [6, 6.07) is 6.62. The molecule has 0 aliphatic rings. The molecule has 110 valence electrons. The zero-order valence-electron chi connectivity index (χ0n) is 10.8. The Bertz CT molecular complexity index is 639. The highest BCUT2D eigenvalue weighted by atomic mass is 35.5. The molecule has 0 saturated heterocycles. The predicted octanol–water partition coefficient (Wildman–Crippen LogP) is 1.64. The highest BCUT2D eigenvalue weighted by Gasteiger charge is 2.07. The normalized spacial score (nSPS) is 10.1. The standard InChI is InChI=1S/C13H12ClN3O4/c14-9-1-3-11(4-2-9)21-8-12(18)16-10-5-15-17(6-10)7-13(19)20/h1-6H,7-8H2,(H,16,18)(H,19,20). The number of amides is 1. The fraction of sp³-hybridized carbons (Fsp3) is 0.154. The first-order valence-corrected chi connectivity index (χ1v) is 6.33. The maximum Gasteiger partial charge on any atom is 0.325 e. The van der Waals surface area contributed by atoms with Gasteiger partial charge in [0, 0.05) is 11.2 Å². The van der Waals surface area contributed by atoms with Gasteiger partial charge < -0.3 is 15.2 Å². The molecule has 21 heavy (non-hydrogen) atoms. The number of nitrogens with one attached hydrogen (secondary N) is 1. The van der Waals surface area contributed by atoms with E-state index in [0.717, 1.165) is 0 Å². The lowest BCUT2D eigenvalue weighted by Gasteiger charge is -2.06. The van der Waals surface area contributed by atoms with Gasteiger partial charge in [0.1, 0.15) is 12.3 Å². The Balaban J connectivity index is 1.82. The third kappa shape index (κ3) is 4.81. The van der Waals surface area contributed by atoms with Crippen LogP contribution in [0.4, 0.5) is 5.69 Å². The second kappa shape index (κ2) is 6.76. The van der Waals surface area contributed by atoms with Gasteiger partial charge in [-0.3, -0.25) is 14.3 Å². The molecule has 1 aromatic heterocycles. The van der Waals surface area contributed by atoms with Crippen molar-refractivity contribution < 1.29 is 19.4 Å². The smallest absolute Gasteiger partial charge is 0.325 e. The van der Waals surface area contributed by atoms with Crippen LogP contribution in [0.5, 0.6) is 5.75 Å². The molecule has 1 aromatic carbocycles. The number of ether oxygens (including phenoxy) is 1. The van der Waals surface area contributed by atoms with Crippen molar-refractivity contribution in [2.24, 2.45) is 0 Å². The molecule has 2 N–H and O–H groups in total. The number of aromatic nitrogens is 2. The van der Waals surface area contributed by atoms with Gasteiger partial charge in [-0.05, 0) is 24.3 Å². The van der Waals surface area contributed by atoms with Crippen LogP contribution in [-0.4, -0.2) is 33.4 Å². The van der Waals surface area contributed by atoms with Gasteiger partial charge in [-0.15, -0.1) is 0 Å². The fourth-order valence-electron chi connectivity index (χ4n) is 1.53. The first kappa shape index (κ1) is 14.9. The number of benzene rings is 1. The van der Waals surface area contributed by atoms with Crippen molar-refractivity contribution in [2.45, 2.75) is 6.54 Å². The molecule has 8 heteroatoms. The van der Waals surface area contributed by atoms with Gasteiger partial charge in [0.15, 0.2) is 6.61 Å². The first-order chi connectivity index (χ1) is 10.0. The molecule has 2 rings (SSSR count). The lowest BCUT2D eigenvalue weighted by Crippen LogP contribution is -2.19. The Kier molecular flexibility index (Phi) is 4.78. The van der Waals surface area contributed by atoms with Crippen molar-refractivity contribution in [1.29, 1.82) is 0 Å². The zero-order valence-corrected chi connectivity index (χ0v) is 11.6. The van der Waals surface area contributed by atoms with Crippen molar-refractivity contribution in [3.63, 3.8) is 0 Å². The molecule has 0 spiro atoms. The van der Waals surface area contributed by atoms with E-state index in [1.54, 1.807) is 24.3 Å². The minimum Gasteiger partial charge on any atom is -0.484 e. The van der Waals surface area contributed by atoms with E-state index in [4.69, 9.17) is 21.4 Å². The van der Waals surface area contributed by atoms with E-state index < -0.39 is 5.97 Å². The minimum absolute atomic E-state index is 0.175. The molecule has 0 fully saturated rings. The Morgan fingerprint density at radius 2 is 2.05 bits per heavy atom. The van der Waals surface area contributed by atoms with Crippen LogP contribution in [0.3, 0.4) is 0 Å². The molecule has 0 aliphatic carbocycles. The van der Waals surface area contributed by atoms with Gasteiger partial charge in [-0.25, -0.2) is 0 Å². The summed E-state index contributed by atoms with van der Waals surface area (Å²) in [7, 11) is 0. The summed E-state index contributed by atoms with van der Waals surface area (Å²) in [5.41, 5.74) is 0.404. The summed E-state index contributed by atoms with van der Waals surface area (Å²) in [4.78, 5) is 22.2. The lowest BCUT2D eigenvalue weighted by molar-refractivity contribution is -0.137. The number of nitrogens with zero attached hydrogens (tertiary/aromatic N) is 2. The number of hydrogen-bond donors (Lipinski definition) is 2. The number of carbonyl (C=O) groups excluding carboxylic acids is 1. The molecule has 0 bridgehead atoms. The van der Waals surface area contributed by atoms with E-state index in [1.807, 2.05) is 0 Å². The van der Waals surface area contributed by atoms with Gasteiger partial charge in [0.25, 0.3) is 5.91 Å². The summed E-state index contributed by atoms with van der Waals surface area (Å²) in [5, 5.41) is 15.5. The number of hydrogen-bond acceptors (Lipinski definition) is 4. The molecule has 0 radical (unpaired) electrons. The van der Waals surface area contributed by atoms with Crippen molar-refractivity contribution in [3.05, 3.63) is 41.7 Å². The van der Waals surface area contributed by atoms with Gasteiger partial charge in [0.05, 0.1) is 11.9 Å². The summed E-state index contributed by atoms with van der Waals surface area (Å²) in [6.07, 6.45) is 2.79. The van der Waals surface area contributed by atoms with E-state index in [-0.39, 0.29) is 19.1 Å². The van der Waals surface area contributed by atoms with E-state index in [1.165, 1.54) is 17.1 Å². The van der Waals surface area contributed by atoms with E-state index in [2.05, 4.69) is 10.4 Å². The Morgan fingerprint density at radius 1 is 1.33 bits per heavy atom. The van der Waals surface area contributed by atoms with Crippen LogP contribution in [-0.2, 0) is 16.1 Å². The largest absolute Gasteiger partial charge is 0.484 e. The molecule has 0 saturated carbocycles. The summed E-state index contributed by atoms with van der Waals surface area (Å²) in [6.45, 7) is -0.442. The summed E-state index contributed by atoms with van der Waals surface area (Å²) < 4.78 is 6.48. The van der Waals surface area contributed by atoms with Crippen molar-refractivity contribution >= 4 is 29.2 Å². The Hall–Kier alpha value is -2.54. The predicted molar refractivity (Wildman–Crippen MR) is 75.4 cm³/mol. The summed E-state index contributed by atoms with van der Waals surface area (Å²) >= 11 is 5.73. The number of carboxylic acids is 1. The zero-order chi connectivity index (χ0) is 15.2. The SMILES string of the molecule is O=C(O)Cn1cc(NC(=O)COc2ccc(Cl)cc2)cn1. The van der Waals surface area contributed by atoms with Crippen LogP contribution in [0.25, 0.3) is 0 Å². The van der Waals surface area contributed by atoms with E-state index in [0.29, 0.717) is 16.5 Å². The van der Waals surface area contributed by atoms with Gasteiger partial charge in [-0.2, -0.15) is 5.10 Å². The number of anilines is 1. The van der Waals surface area contributed by atoms with Crippen LogP contribution >= 0.6 is 11.6 Å². The number of halogens is 1. The van der Waals surface area contributed by atoms with Crippen molar-refractivity contribution in [1.82, 2.24) is 9.78 Å². The van der Waals surface area contributed by atoms with Gasteiger partial charge in [-0.1, -0.05) is 11.6 Å². The van der Waals surface area contributed by atoms with Crippen LogP contribution in [0.15, 0.2) is 36.7 Å². The molecule has 0 unspecified atom stereocenters. The average Bonchev–Trinajstić information content (AvgIpc) is 2.84. The Morgan fingerprint density at radius 3 is 2.71 bits per heavy atom. The van der Waals surface area contributed by atoms with Crippen molar-refractivity contribution in [3.8, 4) is 5.75 Å². The third-order valence-electron chi connectivity index (χ3n) is 2.40. The molecule has 1 heterocycles. The molecule has 0 atom stereocenters. The quantitative estimate of drug-likeness (QED) is 0.846. The lowest BCUT2D eigenvalue weighted by atomic mass is 10.3. The molecule has 7 nitrogen and oxygen atoms in total. The maximum atomic E-state index is 11.7. The van der Waals surface area contributed by atoms with Gasteiger partial charge >= 0.3 is 5.97 Å². The van der Waals surface area contributed by atoms with Crippen LogP contribution < -0.4 is 10.1 Å². The van der Waals surface area contributed by atoms with E-state index in [9.17, 15) is 9.59 Å². The van der Waals surface area contributed by atoms with Crippen LogP contribution in [0.1, 0.15) is 0 Å². The monoisotopic (exact) mass is 309 g/mol. The molecule has 2 aromatic rings.